The van der Waals surface area contributed by atoms with E-state index >= 15 is 0 Å². The van der Waals surface area contributed by atoms with Crippen LogP contribution in [0, 0.1) is 0 Å². The highest BCUT2D eigenvalue weighted by molar-refractivity contribution is 5.44. The van der Waals surface area contributed by atoms with Gasteiger partial charge in [0.25, 0.3) is 0 Å². The largest absolute Gasteiger partial charge is 0.383 e. The number of methoxy groups -OCH3 is 1. The second kappa shape index (κ2) is 7.94. The molecule has 1 unspecified atom stereocenters. The minimum Gasteiger partial charge on any atom is -0.383 e. The molecule has 1 atom stereocenters. The van der Waals surface area contributed by atoms with Crippen LogP contribution in [0.2, 0.25) is 0 Å². The highest BCUT2D eigenvalue weighted by Gasteiger charge is 2.18. The van der Waals surface area contributed by atoms with E-state index in [1.54, 1.807) is 7.11 Å². The molecule has 1 aromatic heterocycles. The highest BCUT2D eigenvalue weighted by atomic mass is 16.5. The van der Waals surface area contributed by atoms with Crippen molar-refractivity contribution in [2.45, 2.75) is 38.6 Å². The zero-order valence-corrected chi connectivity index (χ0v) is 12.8. The third-order valence-corrected chi connectivity index (χ3v) is 3.48. The van der Waals surface area contributed by atoms with Gasteiger partial charge in [0.05, 0.1) is 12.6 Å². The maximum atomic E-state index is 5.46. The summed E-state index contributed by atoms with van der Waals surface area (Å²) in [6.07, 6.45) is 4.39. The Kier molecular flexibility index (Phi) is 5.94. The Morgan fingerprint density at radius 1 is 1.24 bits per heavy atom. The number of nitrogens with zero attached hydrogens (tertiary/aromatic N) is 4. The lowest BCUT2D eigenvalue weighted by Gasteiger charge is -2.20. The first-order valence-corrected chi connectivity index (χ1v) is 7.50. The van der Waals surface area contributed by atoms with Crippen LogP contribution in [0.25, 0.3) is 0 Å². The molecule has 8 nitrogen and oxygen atoms in total. The molecule has 2 rings (SSSR count). The van der Waals surface area contributed by atoms with Crippen molar-refractivity contribution < 1.29 is 4.74 Å². The van der Waals surface area contributed by atoms with Crippen LogP contribution < -0.4 is 21.5 Å². The van der Waals surface area contributed by atoms with Crippen molar-refractivity contribution in [3.05, 3.63) is 0 Å². The summed E-state index contributed by atoms with van der Waals surface area (Å²) in [6.45, 7) is 4.71. The molecule has 21 heavy (non-hydrogen) atoms. The SMILES string of the molecule is CCCC(COC)Nc1nc(NN)nc(N2CCCC2)n1. The van der Waals surface area contributed by atoms with Crippen LogP contribution in [-0.2, 0) is 4.74 Å². The molecular weight excluding hydrogens is 270 g/mol. The molecule has 1 aliphatic rings. The van der Waals surface area contributed by atoms with Crippen molar-refractivity contribution >= 4 is 17.8 Å². The minimum atomic E-state index is 0.180. The van der Waals surface area contributed by atoms with Crippen molar-refractivity contribution in [1.29, 1.82) is 0 Å². The van der Waals surface area contributed by atoms with Crippen LogP contribution >= 0.6 is 0 Å². The first kappa shape index (κ1) is 15.7. The lowest BCUT2D eigenvalue weighted by atomic mass is 10.2. The van der Waals surface area contributed by atoms with Crippen LogP contribution in [-0.4, -0.2) is 47.8 Å². The summed E-state index contributed by atoms with van der Waals surface area (Å²) in [5.41, 5.74) is 2.51. The van der Waals surface area contributed by atoms with E-state index in [-0.39, 0.29) is 6.04 Å². The van der Waals surface area contributed by atoms with Gasteiger partial charge in [-0.2, -0.15) is 15.0 Å². The number of rotatable bonds is 8. The fourth-order valence-corrected chi connectivity index (χ4v) is 2.48. The summed E-state index contributed by atoms with van der Waals surface area (Å²) in [5.74, 6) is 7.05. The van der Waals surface area contributed by atoms with Crippen molar-refractivity contribution in [3.8, 4) is 0 Å². The van der Waals surface area contributed by atoms with Gasteiger partial charge in [0, 0.05) is 20.2 Å². The Hall–Kier alpha value is -1.67. The van der Waals surface area contributed by atoms with E-state index < -0.39 is 0 Å². The molecule has 4 N–H and O–H groups in total. The number of ether oxygens (including phenoxy) is 1. The van der Waals surface area contributed by atoms with Crippen molar-refractivity contribution in [3.63, 3.8) is 0 Å². The smallest absolute Gasteiger partial charge is 0.243 e. The molecule has 118 valence electrons. The van der Waals surface area contributed by atoms with Gasteiger partial charge in [-0.1, -0.05) is 13.3 Å². The van der Waals surface area contributed by atoms with Gasteiger partial charge >= 0.3 is 0 Å². The van der Waals surface area contributed by atoms with E-state index in [0.717, 1.165) is 25.9 Å². The minimum absolute atomic E-state index is 0.180. The Morgan fingerprint density at radius 2 is 1.95 bits per heavy atom. The van der Waals surface area contributed by atoms with E-state index in [2.05, 4.69) is 37.5 Å². The summed E-state index contributed by atoms with van der Waals surface area (Å²) in [5, 5.41) is 3.31. The lowest BCUT2D eigenvalue weighted by Crippen LogP contribution is -2.28. The van der Waals surface area contributed by atoms with Gasteiger partial charge in [0.2, 0.25) is 17.8 Å². The molecule has 0 aliphatic carbocycles. The van der Waals surface area contributed by atoms with Crippen LogP contribution in [0.1, 0.15) is 32.6 Å². The van der Waals surface area contributed by atoms with Crippen molar-refractivity contribution in [2.75, 3.05) is 42.4 Å². The van der Waals surface area contributed by atoms with Gasteiger partial charge in [-0.3, -0.25) is 5.43 Å². The molecule has 0 bridgehead atoms. The number of anilines is 3. The van der Waals surface area contributed by atoms with Gasteiger partial charge in [0.15, 0.2) is 0 Å². The molecule has 1 saturated heterocycles. The summed E-state index contributed by atoms with van der Waals surface area (Å²) in [6, 6.07) is 0.180. The number of nitrogen functional groups attached to an aromatic ring is 1. The Balaban J connectivity index is 2.14. The predicted octanol–water partition coefficient (Wildman–Crippen LogP) is 0.984. The van der Waals surface area contributed by atoms with Gasteiger partial charge < -0.3 is 15.0 Å². The third-order valence-electron chi connectivity index (χ3n) is 3.48. The Labute approximate surface area is 125 Å². The Morgan fingerprint density at radius 3 is 2.57 bits per heavy atom. The summed E-state index contributed by atoms with van der Waals surface area (Å²) < 4.78 is 5.23. The molecule has 1 aromatic rings. The van der Waals surface area contributed by atoms with E-state index in [9.17, 15) is 0 Å². The number of aromatic nitrogens is 3. The lowest BCUT2D eigenvalue weighted by molar-refractivity contribution is 0.182. The average Bonchev–Trinajstić information content (AvgIpc) is 3.01. The fraction of sp³-hybridized carbons (Fsp3) is 0.769. The van der Waals surface area contributed by atoms with Crippen molar-refractivity contribution in [2.24, 2.45) is 5.84 Å². The number of hydrogen-bond donors (Lipinski definition) is 3. The predicted molar refractivity (Wildman–Crippen MR) is 83.3 cm³/mol. The quantitative estimate of drug-likeness (QED) is 0.482. The van der Waals surface area contributed by atoms with E-state index in [4.69, 9.17) is 10.6 Å². The monoisotopic (exact) mass is 295 g/mol. The van der Waals surface area contributed by atoms with Crippen LogP contribution in [0.5, 0.6) is 0 Å². The number of hydrogen-bond acceptors (Lipinski definition) is 8. The second-order valence-corrected chi connectivity index (χ2v) is 5.21. The van der Waals surface area contributed by atoms with Crippen molar-refractivity contribution in [1.82, 2.24) is 15.0 Å². The summed E-state index contributed by atoms with van der Waals surface area (Å²) in [7, 11) is 1.69. The maximum absolute atomic E-state index is 5.46. The molecule has 0 saturated carbocycles. The first-order valence-electron chi connectivity index (χ1n) is 7.50. The summed E-state index contributed by atoms with van der Waals surface area (Å²) >= 11 is 0. The van der Waals surface area contributed by atoms with Gasteiger partial charge in [-0.15, -0.1) is 0 Å². The Bertz CT molecular complexity index is 431. The van der Waals surface area contributed by atoms with E-state index in [1.807, 2.05) is 0 Å². The van der Waals surface area contributed by atoms with Gasteiger partial charge in [-0.05, 0) is 19.3 Å². The van der Waals surface area contributed by atoms with Gasteiger partial charge in [0.1, 0.15) is 0 Å². The summed E-state index contributed by atoms with van der Waals surface area (Å²) in [4.78, 5) is 15.3. The van der Waals surface area contributed by atoms with E-state index in [1.165, 1.54) is 12.8 Å². The average molecular weight is 295 g/mol. The highest BCUT2D eigenvalue weighted by Crippen LogP contribution is 2.19. The topological polar surface area (TPSA) is 101 Å². The second-order valence-electron chi connectivity index (χ2n) is 5.21. The van der Waals surface area contributed by atoms with Gasteiger partial charge in [-0.25, -0.2) is 5.84 Å². The number of nitrogens with one attached hydrogen (secondary N) is 2. The molecule has 0 amide bonds. The maximum Gasteiger partial charge on any atom is 0.243 e. The molecule has 0 spiro atoms. The molecule has 2 heterocycles. The number of nitrogens with two attached hydrogens (primary N) is 1. The molecule has 0 radical (unpaired) electrons. The van der Waals surface area contributed by atoms with E-state index in [0.29, 0.717) is 24.5 Å². The van der Waals surface area contributed by atoms with Crippen LogP contribution in [0.15, 0.2) is 0 Å². The molecule has 8 heteroatoms. The molecule has 1 aliphatic heterocycles. The van der Waals surface area contributed by atoms with Crippen LogP contribution in [0.4, 0.5) is 17.8 Å². The number of hydrazine groups is 1. The fourth-order valence-electron chi connectivity index (χ4n) is 2.48. The zero-order chi connectivity index (χ0) is 15.1. The molecule has 1 fully saturated rings. The molecular formula is C13H25N7O. The zero-order valence-electron chi connectivity index (χ0n) is 12.8. The normalized spacial score (nSPS) is 16.0. The molecule has 0 aromatic carbocycles. The standard InChI is InChI=1S/C13H25N7O/c1-3-6-10(9-21-2)15-11-16-12(19-14)18-13(17-11)20-7-4-5-8-20/h10H,3-9,14H2,1-2H3,(H2,15,16,17,18,19). The van der Waals surface area contributed by atoms with Crippen LogP contribution in [0.3, 0.4) is 0 Å². The first-order chi connectivity index (χ1) is 10.3. The third kappa shape index (κ3) is 4.40.